The topological polar surface area (TPSA) is 12.0 Å². The van der Waals surface area contributed by atoms with Gasteiger partial charge in [-0.05, 0) is 66.2 Å². The van der Waals surface area contributed by atoms with Crippen molar-refractivity contribution in [3.05, 3.63) is 20.3 Å². The molecule has 1 heterocycles. The molecule has 1 nitrogen and oxygen atoms in total. The summed E-state index contributed by atoms with van der Waals surface area (Å²) in [6.07, 6.45) is 9.90. The van der Waals surface area contributed by atoms with Crippen molar-refractivity contribution in [1.29, 1.82) is 0 Å². The third kappa shape index (κ3) is 4.08. The molecule has 1 aliphatic rings. The third-order valence-corrected chi connectivity index (χ3v) is 7.04. The third-order valence-electron chi connectivity index (χ3n) is 4.82. The largest absolute Gasteiger partial charge is 0.312 e. The van der Waals surface area contributed by atoms with Crippen molar-refractivity contribution in [2.45, 2.75) is 64.8 Å². The van der Waals surface area contributed by atoms with E-state index in [-0.39, 0.29) is 0 Å². The van der Waals surface area contributed by atoms with Crippen LogP contribution in [0.2, 0.25) is 0 Å². The summed E-state index contributed by atoms with van der Waals surface area (Å²) in [5.74, 6) is 1.82. The van der Waals surface area contributed by atoms with Gasteiger partial charge in [0.05, 0.1) is 3.79 Å². The molecule has 114 valence electrons. The highest BCUT2D eigenvalue weighted by Gasteiger charge is 2.28. The Kier molecular flexibility index (Phi) is 6.57. The summed E-state index contributed by atoms with van der Waals surface area (Å²) in [4.78, 5) is 1.51. The molecule has 1 saturated carbocycles. The van der Waals surface area contributed by atoms with Crippen LogP contribution in [0.4, 0.5) is 0 Å². The lowest BCUT2D eigenvalue weighted by Crippen LogP contribution is -2.28. The van der Waals surface area contributed by atoms with Gasteiger partial charge in [-0.3, -0.25) is 0 Å². The molecule has 0 aromatic carbocycles. The van der Waals surface area contributed by atoms with Crippen molar-refractivity contribution in [3.8, 4) is 0 Å². The summed E-state index contributed by atoms with van der Waals surface area (Å²) in [5.41, 5.74) is 1.38. The Morgan fingerprint density at radius 2 is 2.05 bits per heavy atom. The van der Waals surface area contributed by atoms with E-state index in [1.54, 1.807) is 0 Å². The fourth-order valence-corrected chi connectivity index (χ4v) is 5.33. The van der Waals surface area contributed by atoms with Gasteiger partial charge in [0, 0.05) is 10.9 Å². The minimum atomic E-state index is 0.553. The van der Waals surface area contributed by atoms with E-state index in [1.165, 1.54) is 59.2 Å². The second-order valence-corrected chi connectivity index (χ2v) is 8.70. The Balaban J connectivity index is 1.93. The van der Waals surface area contributed by atoms with Crippen LogP contribution in [0.3, 0.4) is 0 Å². The lowest BCUT2D eigenvalue weighted by molar-refractivity contribution is 0.219. The van der Waals surface area contributed by atoms with E-state index in [2.05, 4.69) is 48.2 Å². The van der Waals surface area contributed by atoms with Gasteiger partial charge in [-0.25, -0.2) is 0 Å². The highest BCUT2D eigenvalue weighted by molar-refractivity contribution is 9.11. The zero-order chi connectivity index (χ0) is 14.5. The van der Waals surface area contributed by atoms with Gasteiger partial charge in [0.2, 0.25) is 0 Å². The van der Waals surface area contributed by atoms with Crippen LogP contribution in [-0.2, 0) is 0 Å². The fraction of sp³-hybridized carbons (Fsp3) is 0.765. The molecule has 0 radical (unpaired) electrons. The van der Waals surface area contributed by atoms with E-state index in [4.69, 9.17) is 0 Å². The summed E-state index contributed by atoms with van der Waals surface area (Å²) in [6, 6.07) is 2.91. The zero-order valence-electron chi connectivity index (χ0n) is 13.0. The summed E-state index contributed by atoms with van der Waals surface area (Å²) >= 11 is 5.58. The van der Waals surface area contributed by atoms with Gasteiger partial charge in [-0.15, -0.1) is 11.3 Å². The number of aryl methyl sites for hydroxylation is 1. The van der Waals surface area contributed by atoms with E-state index < -0.39 is 0 Å². The molecular formula is C17H28BrNS. The Labute approximate surface area is 136 Å². The number of nitrogens with one attached hydrogen (secondary N) is 1. The summed E-state index contributed by atoms with van der Waals surface area (Å²) in [5, 5.41) is 3.58. The molecule has 20 heavy (non-hydrogen) atoms. The molecule has 1 aromatic rings. The fourth-order valence-electron chi connectivity index (χ4n) is 3.55. The molecule has 0 amide bonds. The predicted octanol–water partition coefficient (Wildman–Crippen LogP) is 6.08. The van der Waals surface area contributed by atoms with Gasteiger partial charge >= 0.3 is 0 Å². The van der Waals surface area contributed by atoms with Gasteiger partial charge in [0.15, 0.2) is 0 Å². The highest BCUT2D eigenvalue weighted by atomic mass is 79.9. The van der Waals surface area contributed by atoms with Gasteiger partial charge in [-0.2, -0.15) is 0 Å². The van der Waals surface area contributed by atoms with Crippen molar-refractivity contribution in [2.24, 2.45) is 11.8 Å². The van der Waals surface area contributed by atoms with E-state index in [0.717, 1.165) is 11.8 Å². The molecule has 1 N–H and O–H groups in total. The maximum atomic E-state index is 3.67. The molecule has 1 fully saturated rings. The highest BCUT2D eigenvalue weighted by Crippen LogP contribution is 2.41. The first-order valence-electron chi connectivity index (χ1n) is 8.08. The number of unbranched alkanes of at least 4 members (excludes halogenated alkanes) is 1. The smallest absolute Gasteiger partial charge is 0.0731 e. The van der Waals surface area contributed by atoms with E-state index in [9.17, 15) is 0 Å². The normalized spacial score (nSPS) is 24.8. The van der Waals surface area contributed by atoms with Gasteiger partial charge < -0.3 is 5.32 Å². The first-order valence-corrected chi connectivity index (χ1v) is 9.69. The van der Waals surface area contributed by atoms with E-state index in [0.29, 0.717) is 6.04 Å². The monoisotopic (exact) mass is 357 g/mol. The lowest BCUT2D eigenvalue weighted by atomic mass is 9.76. The molecule has 1 aromatic heterocycles. The number of hydrogen-bond acceptors (Lipinski definition) is 2. The van der Waals surface area contributed by atoms with Crippen molar-refractivity contribution >= 4 is 27.3 Å². The lowest BCUT2D eigenvalue weighted by Gasteiger charge is -2.33. The van der Waals surface area contributed by atoms with Crippen LogP contribution in [0.25, 0.3) is 0 Å². The number of rotatable bonds is 6. The molecular weight excluding hydrogens is 330 g/mol. The van der Waals surface area contributed by atoms with Crippen LogP contribution in [0.15, 0.2) is 9.85 Å². The van der Waals surface area contributed by atoms with Crippen LogP contribution in [-0.4, -0.2) is 7.05 Å². The SMILES string of the molecule is CCCCC1CCC(C(NC)c2cc(C)c(Br)s2)CC1. The van der Waals surface area contributed by atoms with Crippen LogP contribution in [0.5, 0.6) is 0 Å². The Morgan fingerprint density at radius 3 is 2.55 bits per heavy atom. The van der Waals surface area contributed by atoms with Crippen LogP contribution in [0, 0.1) is 18.8 Å². The first-order chi connectivity index (χ1) is 9.65. The molecule has 0 saturated heterocycles. The number of hydrogen-bond donors (Lipinski definition) is 1. The van der Waals surface area contributed by atoms with E-state index in [1.807, 2.05) is 11.3 Å². The standard InChI is InChI=1S/C17H28BrNS/c1-4-5-6-13-7-9-14(10-8-13)16(19-3)15-11-12(2)17(18)20-15/h11,13-14,16,19H,4-10H2,1-3H3. The zero-order valence-corrected chi connectivity index (χ0v) is 15.4. The maximum Gasteiger partial charge on any atom is 0.0731 e. The first kappa shape index (κ1) is 16.5. The molecule has 0 aliphatic heterocycles. The number of halogens is 1. The molecule has 1 unspecified atom stereocenters. The molecule has 1 atom stereocenters. The number of thiophene rings is 1. The quantitative estimate of drug-likeness (QED) is 0.650. The van der Waals surface area contributed by atoms with Gasteiger partial charge in [-0.1, -0.05) is 39.0 Å². The second-order valence-electron chi connectivity index (χ2n) is 6.29. The van der Waals surface area contributed by atoms with Gasteiger partial charge in [0.25, 0.3) is 0 Å². The summed E-state index contributed by atoms with van der Waals surface area (Å²) in [7, 11) is 2.12. The van der Waals surface area contributed by atoms with Crippen LogP contribution < -0.4 is 5.32 Å². The second kappa shape index (κ2) is 7.95. The molecule has 0 bridgehead atoms. The molecule has 0 spiro atoms. The average Bonchev–Trinajstić information content (AvgIpc) is 2.78. The maximum absolute atomic E-state index is 3.67. The summed E-state index contributed by atoms with van der Waals surface area (Å²) in [6.45, 7) is 4.50. The van der Waals surface area contributed by atoms with Gasteiger partial charge in [0.1, 0.15) is 0 Å². The van der Waals surface area contributed by atoms with Crippen molar-refractivity contribution in [3.63, 3.8) is 0 Å². The average molecular weight is 358 g/mol. The van der Waals surface area contributed by atoms with Crippen LogP contribution >= 0.6 is 27.3 Å². The minimum absolute atomic E-state index is 0.553. The molecule has 2 rings (SSSR count). The van der Waals surface area contributed by atoms with Crippen molar-refractivity contribution < 1.29 is 0 Å². The van der Waals surface area contributed by atoms with E-state index >= 15 is 0 Å². The van der Waals surface area contributed by atoms with Crippen molar-refractivity contribution in [2.75, 3.05) is 7.05 Å². The predicted molar refractivity (Wildman–Crippen MR) is 93.5 cm³/mol. The molecule has 3 heteroatoms. The van der Waals surface area contributed by atoms with Crippen LogP contribution in [0.1, 0.15) is 68.4 Å². The van der Waals surface area contributed by atoms with Crippen molar-refractivity contribution in [1.82, 2.24) is 5.32 Å². The minimum Gasteiger partial charge on any atom is -0.312 e. The summed E-state index contributed by atoms with van der Waals surface area (Å²) < 4.78 is 1.30. The Bertz CT molecular complexity index is 388. The Hall–Kier alpha value is 0.140. The molecule has 1 aliphatic carbocycles. The Morgan fingerprint density at radius 1 is 1.35 bits per heavy atom.